The third-order valence-corrected chi connectivity index (χ3v) is 5.09. The lowest BCUT2D eigenvalue weighted by molar-refractivity contribution is 0.101. The molecular formula is C22H16BrClN4O2. The molecule has 1 aromatic heterocycles. The molecule has 0 aliphatic rings. The molecular weight excluding hydrogens is 468 g/mol. The molecule has 1 amide bonds. The molecule has 1 N–H and O–H groups in total. The molecule has 30 heavy (non-hydrogen) atoms. The summed E-state index contributed by atoms with van der Waals surface area (Å²) in [5.41, 5.74) is 2.15. The smallest absolute Gasteiger partial charge is 0.295 e. The Balaban J connectivity index is 1.73. The van der Waals surface area contributed by atoms with Gasteiger partial charge in [-0.25, -0.2) is 9.67 Å². The van der Waals surface area contributed by atoms with Crippen LogP contribution in [0.1, 0.15) is 10.6 Å². The van der Waals surface area contributed by atoms with Crippen LogP contribution < -0.4 is 10.1 Å². The summed E-state index contributed by atoms with van der Waals surface area (Å²) in [6.45, 7) is 0. The first-order chi connectivity index (χ1) is 14.5. The molecule has 0 bridgehead atoms. The van der Waals surface area contributed by atoms with Gasteiger partial charge in [0.05, 0.1) is 12.8 Å². The van der Waals surface area contributed by atoms with Crippen LogP contribution in [0.4, 0.5) is 5.69 Å². The van der Waals surface area contributed by atoms with Crippen LogP contribution in [0, 0.1) is 0 Å². The minimum absolute atomic E-state index is 0.0469. The third kappa shape index (κ3) is 4.37. The summed E-state index contributed by atoms with van der Waals surface area (Å²) in [5.74, 6) is 0.809. The summed E-state index contributed by atoms with van der Waals surface area (Å²) in [6.07, 6.45) is 0. The van der Waals surface area contributed by atoms with E-state index < -0.39 is 5.91 Å². The molecule has 0 unspecified atom stereocenters. The average molecular weight is 484 g/mol. The number of hydrogen-bond donors (Lipinski definition) is 1. The van der Waals surface area contributed by atoms with Gasteiger partial charge in [0.2, 0.25) is 5.82 Å². The molecule has 0 aliphatic carbocycles. The number of benzene rings is 3. The second kappa shape index (κ2) is 8.69. The third-order valence-electron chi connectivity index (χ3n) is 4.31. The zero-order valence-electron chi connectivity index (χ0n) is 15.8. The molecule has 0 saturated heterocycles. The van der Waals surface area contributed by atoms with Gasteiger partial charge in [0.25, 0.3) is 5.91 Å². The van der Waals surface area contributed by atoms with Gasteiger partial charge >= 0.3 is 0 Å². The first-order valence-electron chi connectivity index (χ1n) is 8.98. The SMILES string of the molecule is COc1cccc(NC(=O)c2nc(-c3ccc(Br)cc3)n(-c3ccc(Cl)cc3)n2)c1. The average Bonchev–Trinajstić information content (AvgIpc) is 3.20. The van der Waals surface area contributed by atoms with Crippen LogP contribution in [0.5, 0.6) is 5.75 Å². The van der Waals surface area contributed by atoms with Crippen LogP contribution in [-0.4, -0.2) is 27.8 Å². The molecule has 0 radical (unpaired) electrons. The van der Waals surface area contributed by atoms with Crippen molar-refractivity contribution in [3.8, 4) is 22.8 Å². The van der Waals surface area contributed by atoms with E-state index in [4.69, 9.17) is 16.3 Å². The molecule has 0 atom stereocenters. The number of rotatable bonds is 5. The van der Waals surface area contributed by atoms with E-state index >= 15 is 0 Å². The number of nitrogens with one attached hydrogen (secondary N) is 1. The van der Waals surface area contributed by atoms with Crippen LogP contribution in [0.3, 0.4) is 0 Å². The summed E-state index contributed by atoms with van der Waals surface area (Å²) in [7, 11) is 1.57. The minimum Gasteiger partial charge on any atom is -0.497 e. The zero-order valence-corrected chi connectivity index (χ0v) is 18.2. The van der Waals surface area contributed by atoms with Crippen LogP contribution >= 0.6 is 27.5 Å². The number of carbonyl (C=O) groups is 1. The van der Waals surface area contributed by atoms with Crippen molar-refractivity contribution in [3.63, 3.8) is 0 Å². The van der Waals surface area contributed by atoms with Crippen molar-refractivity contribution >= 4 is 39.1 Å². The fourth-order valence-corrected chi connectivity index (χ4v) is 3.23. The lowest BCUT2D eigenvalue weighted by atomic mass is 10.2. The highest BCUT2D eigenvalue weighted by Gasteiger charge is 2.19. The standard InChI is InChI=1S/C22H16BrClN4O2/c1-30-19-4-2-3-17(13-19)25-22(29)20-26-21(14-5-7-15(23)8-6-14)28(27-20)18-11-9-16(24)10-12-18/h2-13H,1H3,(H,25,29). The van der Waals surface area contributed by atoms with Crippen molar-refractivity contribution in [2.75, 3.05) is 12.4 Å². The molecule has 0 saturated carbocycles. The van der Waals surface area contributed by atoms with Gasteiger partial charge in [-0.1, -0.05) is 45.7 Å². The van der Waals surface area contributed by atoms with E-state index in [1.807, 2.05) is 36.4 Å². The highest BCUT2D eigenvalue weighted by molar-refractivity contribution is 9.10. The molecule has 3 aromatic carbocycles. The molecule has 4 aromatic rings. The molecule has 150 valence electrons. The van der Waals surface area contributed by atoms with E-state index in [9.17, 15) is 4.79 Å². The van der Waals surface area contributed by atoms with E-state index in [1.54, 1.807) is 48.2 Å². The van der Waals surface area contributed by atoms with E-state index in [0.717, 1.165) is 15.7 Å². The lowest BCUT2D eigenvalue weighted by Crippen LogP contribution is -2.14. The Labute approximate surface area is 186 Å². The normalized spacial score (nSPS) is 10.6. The van der Waals surface area contributed by atoms with Gasteiger partial charge < -0.3 is 10.1 Å². The van der Waals surface area contributed by atoms with Crippen molar-refractivity contribution in [1.29, 1.82) is 0 Å². The van der Waals surface area contributed by atoms with Gasteiger partial charge in [0, 0.05) is 26.8 Å². The maximum Gasteiger partial charge on any atom is 0.295 e. The Kier molecular flexibility index (Phi) is 5.83. The quantitative estimate of drug-likeness (QED) is 0.400. The van der Waals surface area contributed by atoms with Crippen molar-refractivity contribution < 1.29 is 9.53 Å². The molecule has 6 nitrogen and oxygen atoms in total. The van der Waals surface area contributed by atoms with Gasteiger partial charge in [-0.2, -0.15) is 0 Å². The molecule has 0 aliphatic heterocycles. The molecule has 8 heteroatoms. The summed E-state index contributed by atoms with van der Waals surface area (Å²) < 4.78 is 7.77. The Hall–Kier alpha value is -3.16. The van der Waals surface area contributed by atoms with E-state index in [1.165, 1.54) is 0 Å². The monoisotopic (exact) mass is 482 g/mol. The molecule has 4 rings (SSSR count). The maximum atomic E-state index is 12.8. The fourth-order valence-electron chi connectivity index (χ4n) is 2.84. The summed E-state index contributed by atoms with van der Waals surface area (Å²) >= 11 is 9.45. The van der Waals surface area contributed by atoms with E-state index in [2.05, 4.69) is 31.3 Å². The summed E-state index contributed by atoms with van der Waals surface area (Å²) in [6, 6.07) is 21.9. The number of halogens is 2. The topological polar surface area (TPSA) is 69.0 Å². The minimum atomic E-state index is -0.422. The Morgan fingerprint density at radius 3 is 2.50 bits per heavy atom. The number of hydrogen-bond acceptors (Lipinski definition) is 4. The number of ether oxygens (including phenoxy) is 1. The lowest BCUT2D eigenvalue weighted by Gasteiger charge is -2.06. The second-order valence-electron chi connectivity index (χ2n) is 6.34. The van der Waals surface area contributed by atoms with Crippen LogP contribution in [0.2, 0.25) is 5.02 Å². The van der Waals surface area contributed by atoms with Crippen molar-refractivity contribution in [1.82, 2.24) is 14.8 Å². The van der Waals surface area contributed by atoms with Gasteiger partial charge in [0.15, 0.2) is 5.82 Å². The summed E-state index contributed by atoms with van der Waals surface area (Å²) in [5, 5.41) is 7.87. The van der Waals surface area contributed by atoms with Gasteiger partial charge in [-0.3, -0.25) is 4.79 Å². The maximum absolute atomic E-state index is 12.8. The van der Waals surface area contributed by atoms with Crippen molar-refractivity contribution in [2.24, 2.45) is 0 Å². The second-order valence-corrected chi connectivity index (χ2v) is 7.69. The predicted molar refractivity (Wildman–Crippen MR) is 120 cm³/mol. The number of carbonyl (C=O) groups excluding carboxylic acids is 1. The Morgan fingerprint density at radius 2 is 1.80 bits per heavy atom. The molecule has 1 heterocycles. The number of methoxy groups -OCH3 is 1. The van der Waals surface area contributed by atoms with Crippen LogP contribution in [0.25, 0.3) is 17.1 Å². The summed E-state index contributed by atoms with van der Waals surface area (Å²) in [4.78, 5) is 17.3. The van der Waals surface area contributed by atoms with E-state index in [0.29, 0.717) is 22.3 Å². The number of aromatic nitrogens is 3. The van der Waals surface area contributed by atoms with Crippen molar-refractivity contribution in [2.45, 2.75) is 0 Å². The van der Waals surface area contributed by atoms with Crippen molar-refractivity contribution in [3.05, 3.63) is 88.1 Å². The number of anilines is 1. The zero-order chi connectivity index (χ0) is 21.1. The first kappa shape index (κ1) is 20.1. The predicted octanol–water partition coefficient (Wildman–Crippen LogP) is 5.61. The highest BCUT2D eigenvalue weighted by atomic mass is 79.9. The fraction of sp³-hybridized carbons (Fsp3) is 0.0455. The van der Waals surface area contributed by atoms with Crippen LogP contribution in [0.15, 0.2) is 77.3 Å². The molecule has 0 spiro atoms. The Morgan fingerprint density at radius 1 is 1.07 bits per heavy atom. The van der Waals surface area contributed by atoms with E-state index in [-0.39, 0.29) is 5.82 Å². The molecule has 0 fully saturated rings. The van der Waals surface area contributed by atoms with Crippen LogP contribution in [-0.2, 0) is 0 Å². The largest absolute Gasteiger partial charge is 0.497 e. The van der Waals surface area contributed by atoms with Gasteiger partial charge in [-0.15, -0.1) is 5.10 Å². The number of amides is 1. The van der Waals surface area contributed by atoms with Gasteiger partial charge in [-0.05, 0) is 48.5 Å². The highest BCUT2D eigenvalue weighted by Crippen LogP contribution is 2.25. The first-order valence-corrected chi connectivity index (χ1v) is 10.1. The number of nitrogens with zero attached hydrogens (tertiary/aromatic N) is 3. The Bertz CT molecular complexity index is 1130. The van der Waals surface area contributed by atoms with Gasteiger partial charge in [0.1, 0.15) is 5.75 Å².